The molecule has 3 aromatic rings. The highest BCUT2D eigenvalue weighted by Crippen LogP contribution is 2.28. The van der Waals surface area contributed by atoms with Crippen LogP contribution in [0.5, 0.6) is 0 Å². The molecule has 0 aliphatic carbocycles. The Morgan fingerprint density at radius 1 is 1.15 bits per heavy atom. The van der Waals surface area contributed by atoms with E-state index in [2.05, 4.69) is 11.8 Å². The third-order valence-corrected chi connectivity index (χ3v) is 7.83. The van der Waals surface area contributed by atoms with Crippen molar-refractivity contribution in [3.8, 4) is 5.69 Å². The molecule has 1 aliphatic rings. The maximum absolute atomic E-state index is 14.0. The Bertz CT molecular complexity index is 1200. The lowest BCUT2D eigenvalue weighted by atomic mass is 10.0. The molecule has 1 aromatic heterocycles. The number of benzene rings is 2. The first-order valence-corrected chi connectivity index (χ1v) is 12.5. The van der Waals surface area contributed by atoms with E-state index in [0.29, 0.717) is 17.9 Å². The molecule has 33 heavy (non-hydrogen) atoms. The van der Waals surface area contributed by atoms with E-state index in [1.165, 1.54) is 16.4 Å². The van der Waals surface area contributed by atoms with Crippen LogP contribution in [-0.2, 0) is 34.3 Å². The number of rotatable bonds is 9. The minimum absolute atomic E-state index is 0.114. The number of hydrogen-bond acceptors (Lipinski definition) is 5. The number of aromatic nitrogens is 2. The predicted octanol–water partition coefficient (Wildman–Crippen LogP) is 3.23. The predicted molar refractivity (Wildman–Crippen MR) is 124 cm³/mol. The number of methoxy groups -OCH3 is 1. The quantitative estimate of drug-likeness (QED) is 0.478. The second-order valence-electron chi connectivity index (χ2n) is 8.03. The van der Waals surface area contributed by atoms with E-state index in [1.54, 1.807) is 48.2 Å². The van der Waals surface area contributed by atoms with Gasteiger partial charge in [-0.3, -0.25) is 4.90 Å². The number of nitrogens with zero attached hydrogens (tertiary/aromatic N) is 4. The van der Waals surface area contributed by atoms with Crippen molar-refractivity contribution in [2.24, 2.45) is 0 Å². The van der Waals surface area contributed by atoms with Gasteiger partial charge in [0, 0.05) is 38.7 Å². The van der Waals surface area contributed by atoms with Gasteiger partial charge in [0.2, 0.25) is 10.0 Å². The molecule has 0 amide bonds. The van der Waals surface area contributed by atoms with Crippen molar-refractivity contribution in [2.45, 2.75) is 31.3 Å². The molecule has 0 N–H and O–H groups in total. The molecule has 176 valence electrons. The maximum Gasteiger partial charge on any atom is 0.243 e. The van der Waals surface area contributed by atoms with Crippen LogP contribution in [0.15, 0.2) is 59.5 Å². The molecule has 7 nitrogen and oxygen atoms in total. The van der Waals surface area contributed by atoms with E-state index >= 15 is 0 Å². The molecular formula is C24H29FN4O3S. The second-order valence-corrected chi connectivity index (χ2v) is 9.96. The van der Waals surface area contributed by atoms with Crippen molar-refractivity contribution in [3.63, 3.8) is 0 Å². The van der Waals surface area contributed by atoms with Crippen molar-refractivity contribution in [1.29, 1.82) is 0 Å². The Balaban J connectivity index is 1.76. The Morgan fingerprint density at radius 3 is 2.64 bits per heavy atom. The van der Waals surface area contributed by atoms with Crippen LogP contribution in [0.4, 0.5) is 4.39 Å². The summed E-state index contributed by atoms with van der Waals surface area (Å²) in [4.78, 5) is 2.53. The van der Waals surface area contributed by atoms with Crippen LogP contribution in [0, 0.1) is 5.82 Å². The van der Waals surface area contributed by atoms with Crippen LogP contribution >= 0.6 is 0 Å². The fraction of sp³-hybridized carbons (Fsp3) is 0.375. The molecule has 0 saturated heterocycles. The highest BCUT2D eigenvalue weighted by Gasteiger charge is 2.30. The van der Waals surface area contributed by atoms with Crippen molar-refractivity contribution in [2.75, 3.05) is 33.4 Å². The average molecular weight is 473 g/mol. The zero-order chi connectivity index (χ0) is 23.4. The molecule has 0 fully saturated rings. The van der Waals surface area contributed by atoms with Gasteiger partial charge < -0.3 is 4.74 Å². The van der Waals surface area contributed by atoms with Gasteiger partial charge in [0.1, 0.15) is 5.82 Å². The van der Waals surface area contributed by atoms with Gasteiger partial charge in [-0.25, -0.2) is 17.5 Å². The third kappa shape index (κ3) is 5.01. The van der Waals surface area contributed by atoms with Crippen molar-refractivity contribution >= 4 is 10.0 Å². The number of hydrogen-bond donors (Lipinski definition) is 0. The lowest BCUT2D eigenvalue weighted by Gasteiger charge is -2.27. The summed E-state index contributed by atoms with van der Waals surface area (Å²) in [5.74, 6) is -0.335. The molecule has 0 bridgehead atoms. The fourth-order valence-corrected chi connectivity index (χ4v) is 5.55. The van der Waals surface area contributed by atoms with Crippen molar-refractivity contribution < 1.29 is 17.5 Å². The molecule has 0 unspecified atom stereocenters. The minimum Gasteiger partial charge on any atom is -0.383 e. The Kier molecular flexibility index (Phi) is 7.23. The summed E-state index contributed by atoms with van der Waals surface area (Å²) < 4.78 is 49.2. The first-order chi connectivity index (χ1) is 15.9. The maximum atomic E-state index is 14.0. The van der Waals surface area contributed by atoms with E-state index in [4.69, 9.17) is 9.84 Å². The molecule has 2 heterocycles. The molecule has 0 radical (unpaired) electrons. The lowest BCUT2D eigenvalue weighted by Crippen LogP contribution is -2.35. The highest BCUT2D eigenvalue weighted by molar-refractivity contribution is 7.89. The van der Waals surface area contributed by atoms with Crippen molar-refractivity contribution in [1.82, 2.24) is 19.0 Å². The van der Waals surface area contributed by atoms with Gasteiger partial charge in [-0.2, -0.15) is 9.40 Å². The summed E-state index contributed by atoms with van der Waals surface area (Å²) >= 11 is 0. The van der Waals surface area contributed by atoms with Gasteiger partial charge in [-0.15, -0.1) is 0 Å². The number of sulfonamides is 1. The smallest absolute Gasteiger partial charge is 0.243 e. The molecule has 0 spiro atoms. The SMILES string of the molecule is CCN1CCc2c(c(CN(CCOC)S(=O)(=O)c3ccccc3)nn2-c2cccc(F)c2)C1. The van der Waals surface area contributed by atoms with E-state index in [9.17, 15) is 12.8 Å². The lowest BCUT2D eigenvalue weighted by molar-refractivity contribution is 0.176. The summed E-state index contributed by atoms with van der Waals surface area (Å²) in [6.07, 6.45) is 0.760. The van der Waals surface area contributed by atoms with E-state index in [1.807, 2.05) is 6.07 Å². The first kappa shape index (κ1) is 23.6. The van der Waals surface area contributed by atoms with Gasteiger partial charge in [0.05, 0.1) is 35.1 Å². The Hall–Kier alpha value is -2.59. The summed E-state index contributed by atoms with van der Waals surface area (Å²) in [5.41, 5.74) is 3.34. The molecule has 1 aliphatic heterocycles. The van der Waals surface area contributed by atoms with Gasteiger partial charge >= 0.3 is 0 Å². The van der Waals surface area contributed by atoms with Gasteiger partial charge in [-0.05, 0) is 36.9 Å². The average Bonchev–Trinajstić information content (AvgIpc) is 3.19. The Morgan fingerprint density at radius 2 is 1.94 bits per heavy atom. The molecule has 2 aromatic carbocycles. The fourth-order valence-electron chi connectivity index (χ4n) is 4.15. The summed E-state index contributed by atoms with van der Waals surface area (Å²) in [5, 5.41) is 4.80. The molecular weight excluding hydrogens is 443 g/mol. The van der Waals surface area contributed by atoms with Crippen LogP contribution < -0.4 is 0 Å². The summed E-state index contributed by atoms with van der Waals surface area (Å²) in [7, 11) is -2.20. The van der Waals surface area contributed by atoms with Gasteiger partial charge in [0.15, 0.2) is 0 Å². The number of halogens is 1. The molecule has 0 atom stereocenters. The zero-order valence-electron chi connectivity index (χ0n) is 18.9. The van der Waals surface area contributed by atoms with E-state index in [0.717, 1.165) is 30.8 Å². The second kappa shape index (κ2) is 10.1. The van der Waals surface area contributed by atoms with Crippen LogP contribution in [0.3, 0.4) is 0 Å². The monoisotopic (exact) mass is 472 g/mol. The third-order valence-electron chi connectivity index (χ3n) is 5.97. The number of likely N-dealkylation sites (N-methyl/N-ethyl adjacent to an activating group) is 1. The van der Waals surface area contributed by atoms with Gasteiger partial charge in [-0.1, -0.05) is 31.2 Å². The minimum atomic E-state index is -3.75. The van der Waals surface area contributed by atoms with Crippen LogP contribution in [0.25, 0.3) is 5.69 Å². The summed E-state index contributed by atoms with van der Waals surface area (Å²) in [6.45, 7) is 5.13. The first-order valence-electron chi connectivity index (χ1n) is 11.1. The van der Waals surface area contributed by atoms with Gasteiger partial charge in [0.25, 0.3) is 0 Å². The van der Waals surface area contributed by atoms with E-state index in [-0.39, 0.29) is 30.4 Å². The standard InChI is InChI=1S/C24H29FN4O3S/c1-3-27-13-12-24-22(17-27)23(26-29(24)20-9-7-8-19(25)16-20)18-28(14-15-32-2)33(30,31)21-10-5-4-6-11-21/h4-11,16H,3,12-15,17-18H2,1-2H3. The highest BCUT2D eigenvalue weighted by atomic mass is 32.2. The number of ether oxygens (including phenoxy) is 1. The molecule has 0 saturated carbocycles. The zero-order valence-corrected chi connectivity index (χ0v) is 19.8. The Labute approximate surface area is 194 Å². The largest absolute Gasteiger partial charge is 0.383 e. The van der Waals surface area contributed by atoms with Crippen LogP contribution in [-0.4, -0.2) is 60.8 Å². The number of fused-ring (bicyclic) bond motifs is 1. The molecule has 4 rings (SSSR count). The van der Waals surface area contributed by atoms with E-state index < -0.39 is 10.0 Å². The topological polar surface area (TPSA) is 67.7 Å². The normalized spacial score (nSPS) is 14.5. The molecule has 9 heteroatoms. The van der Waals surface area contributed by atoms with Crippen LogP contribution in [0.2, 0.25) is 0 Å². The van der Waals surface area contributed by atoms with Crippen molar-refractivity contribution in [3.05, 3.63) is 77.4 Å². The summed E-state index contributed by atoms with van der Waals surface area (Å²) in [6, 6.07) is 14.7. The van der Waals surface area contributed by atoms with Crippen LogP contribution in [0.1, 0.15) is 23.9 Å².